The average Bonchev–Trinajstić information content (AvgIpc) is 2.91. The van der Waals surface area contributed by atoms with Crippen molar-refractivity contribution >= 4 is 28.2 Å². The van der Waals surface area contributed by atoms with Crippen molar-refractivity contribution in [2.75, 3.05) is 49.5 Å². The highest BCUT2D eigenvalue weighted by molar-refractivity contribution is 5.85. The van der Waals surface area contributed by atoms with Crippen molar-refractivity contribution in [3.63, 3.8) is 0 Å². The number of anilines is 3. The molecule has 35 heavy (non-hydrogen) atoms. The summed E-state index contributed by atoms with van der Waals surface area (Å²) in [5, 5.41) is 4.36. The van der Waals surface area contributed by atoms with Gasteiger partial charge in [-0.3, -0.25) is 0 Å². The number of hydrogen-bond acceptors (Lipinski definition) is 7. The largest absolute Gasteiger partial charge is 0.488 e. The van der Waals surface area contributed by atoms with E-state index in [2.05, 4.69) is 58.2 Å². The van der Waals surface area contributed by atoms with Crippen molar-refractivity contribution in [3.05, 3.63) is 48.7 Å². The molecular formula is C28H37N5O2. The van der Waals surface area contributed by atoms with Crippen LogP contribution >= 0.6 is 0 Å². The molecule has 0 unspecified atom stereocenters. The highest BCUT2D eigenvalue weighted by Crippen LogP contribution is 2.30. The fourth-order valence-electron chi connectivity index (χ4n) is 5.12. The molecule has 2 aliphatic rings. The van der Waals surface area contributed by atoms with Gasteiger partial charge in [0.2, 0.25) is 5.95 Å². The molecule has 186 valence electrons. The van der Waals surface area contributed by atoms with E-state index in [4.69, 9.17) is 14.5 Å². The summed E-state index contributed by atoms with van der Waals surface area (Å²) in [6, 6.07) is 14.6. The van der Waals surface area contributed by atoms with Gasteiger partial charge in [0.1, 0.15) is 11.3 Å². The fraction of sp³-hybridized carbons (Fsp3) is 0.500. The van der Waals surface area contributed by atoms with Crippen LogP contribution in [0.4, 0.5) is 17.3 Å². The van der Waals surface area contributed by atoms with Gasteiger partial charge in [-0.1, -0.05) is 19.1 Å². The van der Waals surface area contributed by atoms with Crippen LogP contribution < -0.4 is 15.0 Å². The van der Waals surface area contributed by atoms with Crippen LogP contribution in [-0.2, 0) is 4.74 Å². The SMILES string of the molecule is CCOC1CCC(Oc2cccc3cnc(Nc4ccc(N5CCN(CC)CC5)cc4)nc23)CC1. The Kier molecular flexibility index (Phi) is 7.64. The molecule has 2 heterocycles. The van der Waals surface area contributed by atoms with Gasteiger partial charge in [-0.05, 0) is 69.5 Å². The van der Waals surface area contributed by atoms with Gasteiger partial charge in [0.05, 0.1) is 12.2 Å². The third kappa shape index (κ3) is 5.85. The zero-order valence-electron chi connectivity index (χ0n) is 20.9. The Hall–Kier alpha value is -2.90. The molecule has 1 aromatic heterocycles. The van der Waals surface area contributed by atoms with Crippen molar-refractivity contribution < 1.29 is 9.47 Å². The Bertz CT molecular complexity index is 1090. The number of para-hydroxylation sites is 1. The summed E-state index contributed by atoms with van der Waals surface area (Å²) >= 11 is 0. The summed E-state index contributed by atoms with van der Waals surface area (Å²) in [5.41, 5.74) is 3.09. The summed E-state index contributed by atoms with van der Waals surface area (Å²) < 4.78 is 12.2. The lowest BCUT2D eigenvalue weighted by Crippen LogP contribution is -2.46. The number of nitrogens with zero attached hydrogens (tertiary/aromatic N) is 4. The van der Waals surface area contributed by atoms with Crippen molar-refractivity contribution in [1.29, 1.82) is 0 Å². The fourth-order valence-corrected chi connectivity index (χ4v) is 5.12. The van der Waals surface area contributed by atoms with E-state index < -0.39 is 0 Å². The summed E-state index contributed by atoms with van der Waals surface area (Å²) in [4.78, 5) is 14.3. The van der Waals surface area contributed by atoms with Crippen molar-refractivity contribution in [1.82, 2.24) is 14.9 Å². The molecule has 3 aromatic rings. The summed E-state index contributed by atoms with van der Waals surface area (Å²) in [6.45, 7) is 10.6. The molecule has 1 aliphatic heterocycles. The van der Waals surface area contributed by atoms with E-state index in [9.17, 15) is 0 Å². The predicted octanol–water partition coefficient (Wildman–Crippen LogP) is 5.24. The van der Waals surface area contributed by atoms with Crippen LogP contribution in [0.1, 0.15) is 39.5 Å². The Morgan fingerprint density at radius 3 is 2.37 bits per heavy atom. The number of rotatable bonds is 8. The molecule has 0 radical (unpaired) electrons. The van der Waals surface area contributed by atoms with E-state index >= 15 is 0 Å². The van der Waals surface area contributed by atoms with Crippen molar-refractivity contribution in [2.45, 2.75) is 51.7 Å². The topological polar surface area (TPSA) is 62.8 Å². The lowest BCUT2D eigenvalue weighted by molar-refractivity contribution is 0.00906. The Labute approximate surface area is 208 Å². The molecule has 0 bridgehead atoms. The molecule has 5 rings (SSSR count). The lowest BCUT2D eigenvalue weighted by atomic mass is 9.95. The third-order valence-electron chi connectivity index (χ3n) is 7.20. The maximum Gasteiger partial charge on any atom is 0.227 e. The van der Waals surface area contributed by atoms with Gasteiger partial charge in [0.15, 0.2) is 0 Å². The summed E-state index contributed by atoms with van der Waals surface area (Å²) in [7, 11) is 0. The first kappa shape index (κ1) is 23.8. The summed E-state index contributed by atoms with van der Waals surface area (Å²) in [6.07, 6.45) is 6.57. The summed E-state index contributed by atoms with van der Waals surface area (Å²) in [5.74, 6) is 1.41. The molecule has 0 spiro atoms. The molecule has 2 aromatic carbocycles. The van der Waals surface area contributed by atoms with E-state index in [0.29, 0.717) is 12.1 Å². The van der Waals surface area contributed by atoms with E-state index in [1.807, 2.05) is 24.4 Å². The second kappa shape index (κ2) is 11.2. The second-order valence-corrected chi connectivity index (χ2v) is 9.45. The Morgan fingerprint density at radius 1 is 0.914 bits per heavy atom. The highest BCUT2D eigenvalue weighted by Gasteiger charge is 2.23. The third-order valence-corrected chi connectivity index (χ3v) is 7.20. The van der Waals surface area contributed by atoms with Crippen LogP contribution in [0.15, 0.2) is 48.7 Å². The minimum Gasteiger partial charge on any atom is -0.488 e. The van der Waals surface area contributed by atoms with Crippen LogP contribution in [0.5, 0.6) is 5.75 Å². The molecule has 1 saturated carbocycles. The van der Waals surface area contributed by atoms with Crippen molar-refractivity contribution in [3.8, 4) is 5.75 Å². The van der Waals surface area contributed by atoms with Crippen LogP contribution in [0.3, 0.4) is 0 Å². The van der Waals surface area contributed by atoms with Gasteiger partial charge in [-0.2, -0.15) is 0 Å². The number of nitrogens with one attached hydrogen (secondary N) is 1. The first-order chi connectivity index (χ1) is 17.2. The van der Waals surface area contributed by atoms with Gasteiger partial charge >= 0.3 is 0 Å². The molecule has 0 amide bonds. The molecule has 1 aliphatic carbocycles. The number of piperazine rings is 1. The van der Waals surface area contributed by atoms with E-state index in [0.717, 1.165) is 87.4 Å². The number of ether oxygens (including phenoxy) is 2. The first-order valence-corrected chi connectivity index (χ1v) is 13.1. The Morgan fingerprint density at radius 2 is 1.66 bits per heavy atom. The monoisotopic (exact) mass is 475 g/mol. The van der Waals surface area contributed by atoms with Crippen LogP contribution in [0, 0.1) is 0 Å². The quantitative estimate of drug-likeness (QED) is 0.478. The molecular weight excluding hydrogens is 438 g/mol. The molecule has 1 N–H and O–H groups in total. The van der Waals surface area contributed by atoms with Crippen molar-refractivity contribution in [2.24, 2.45) is 0 Å². The number of aromatic nitrogens is 2. The highest BCUT2D eigenvalue weighted by atomic mass is 16.5. The number of likely N-dealkylation sites (N-methyl/N-ethyl adjacent to an activating group) is 1. The zero-order valence-corrected chi connectivity index (χ0v) is 20.9. The van der Waals surface area contributed by atoms with Gasteiger partial charge in [0, 0.05) is 55.7 Å². The van der Waals surface area contributed by atoms with Crippen LogP contribution in [0.2, 0.25) is 0 Å². The minimum atomic E-state index is 0.204. The molecule has 0 atom stereocenters. The average molecular weight is 476 g/mol. The molecule has 7 heteroatoms. The van der Waals surface area contributed by atoms with Gasteiger partial charge in [-0.25, -0.2) is 9.97 Å². The van der Waals surface area contributed by atoms with E-state index in [1.54, 1.807) is 0 Å². The molecule has 2 fully saturated rings. The lowest BCUT2D eigenvalue weighted by Gasteiger charge is -2.35. The Balaban J connectivity index is 1.25. The molecule has 1 saturated heterocycles. The molecule has 7 nitrogen and oxygen atoms in total. The second-order valence-electron chi connectivity index (χ2n) is 9.45. The normalized spacial score (nSPS) is 21.3. The number of fused-ring (bicyclic) bond motifs is 1. The zero-order chi connectivity index (χ0) is 24.0. The van der Waals surface area contributed by atoms with E-state index in [1.165, 1.54) is 5.69 Å². The van der Waals surface area contributed by atoms with E-state index in [-0.39, 0.29) is 6.10 Å². The van der Waals surface area contributed by atoms with Gasteiger partial charge in [0.25, 0.3) is 0 Å². The first-order valence-electron chi connectivity index (χ1n) is 13.1. The maximum absolute atomic E-state index is 6.42. The van der Waals surface area contributed by atoms with Crippen LogP contribution in [-0.4, -0.2) is 66.4 Å². The number of benzene rings is 2. The minimum absolute atomic E-state index is 0.204. The predicted molar refractivity (Wildman–Crippen MR) is 142 cm³/mol. The number of hydrogen-bond donors (Lipinski definition) is 1. The standard InChI is InChI=1S/C28H37N5O2/c1-3-32-16-18-33(19-17-32)23-10-8-22(9-11-23)30-28-29-20-21-6-5-7-26(27(21)31-28)35-25-14-12-24(13-15-25)34-4-2/h5-11,20,24-25H,3-4,12-19H2,1-2H3,(H,29,30,31). The smallest absolute Gasteiger partial charge is 0.227 e. The van der Waals surface area contributed by atoms with Gasteiger partial charge in [-0.15, -0.1) is 0 Å². The van der Waals surface area contributed by atoms with Gasteiger partial charge < -0.3 is 24.6 Å². The van der Waals surface area contributed by atoms with Crippen LogP contribution in [0.25, 0.3) is 10.9 Å². The maximum atomic E-state index is 6.42.